The highest BCUT2D eigenvalue weighted by atomic mass is 31.3. The minimum absolute atomic E-state index is 0.0300. The van der Waals surface area contributed by atoms with Gasteiger partial charge in [0.25, 0.3) is 11.6 Å². The van der Waals surface area contributed by atoms with Crippen LogP contribution in [-0.4, -0.2) is 114 Å². The van der Waals surface area contributed by atoms with Crippen molar-refractivity contribution in [3.63, 3.8) is 0 Å². The minimum Gasteiger partial charge on any atom is -0.387 e. The number of nitrogens with two attached hydrogens (primary N) is 2. The summed E-state index contributed by atoms with van der Waals surface area (Å²) in [6, 6.07) is 2.77. The van der Waals surface area contributed by atoms with Gasteiger partial charge in [-0.2, -0.15) is 8.88 Å². The number of carbonyl (C=O) groups excluding carboxylic acids is 1. The molecule has 4 aliphatic rings. The molecule has 2 fully saturated rings. The number of hydrogen-bond acceptors (Lipinski definition) is 18. The number of amides is 1. The van der Waals surface area contributed by atoms with Gasteiger partial charge in [-0.15, -0.1) is 0 Å². The number of hydrogen-bond donors (Lipinski definition) is 10. The Hall–Kier alpha value is -2.73. The number of aliphatic hydroxyl groups excluding tert-OH is 3. The fraction of sp³-hybridized carbons (Fsp3) is 0.524. The summed E-state index contributed by atoms with van der Waals surface area (Å²) in [4.78, 5) is 59.7. The van der Waals surface area contributed by atoms with E-state index in [1.165, 1.54) is 27.8 Å². The van der Waals surface area contributed by atoms with Crippen LogP contribution in [-0.2, 0) is 46.8 Å². The SMILES string of the molecule is NC(=O)c1ccc2[n+](c1)[C@@]21O[C@H](COP(=O)(O)OP(=O)(O)OC[C@H]2O[C@H](N3CNc4c(N)ncnc43)[C@H](OP(=O)(O)O)[C@@H]2O)[C@@H](O)[C@H]1O. The highest BCUT2D eigenvalue weighted by Gasteiger charge is 2.77. The summed E-state index contributed by atoms with van der Waals surface area (Å²) in [5.74, 6) is -0.625. The van der Waals surface area contributed by atoms with Crippen LogP contribution in [0.15, 0.2) is 24.7 Å². The predicted molar refractivity (Wildman–Crippen MR) is 151 cm³/mol. The monoisotopic (exact) mass is 744 g/mol. The standard InChI is InChI=1S/C21H28N7O17P3/c22-17-12-19(25-6-24-17)27(7-26-12)20-15(44-46(33,34)35)13(29)9(42-20)4-40-47(36,37)45-48(38,39)41-5-10-14(30)16(31)21(43-10)11-2-1-8(18(23)32)3-28(11)21/h1-3,6,9-10,13-16,20,26,29-31H,4-5,7H2,(H7-,22,23,24,25,32,33,34,35,36,37,38,39)/p+1/t9-,10-,13-,14-,15-,16-,20+,21-/m1/s1. The molecule has 6 rings (SSSR count). The Morgan fingerprint density at radius 3 is 2.38 bits per heavy atom. The molecule has 48 heavy (non-hydrogen) atoms. The Kier molecular flexibility index (Phi) is 8.96. The Morgan fingerprint density at radius 1 is 1.06 bits per heavy atom. The Morgan fingerprint density at radius 2 is 1.73 bits per heavy atom. The maximum absolute atomic E-state index is 12.6. The minimum atomic E-state index is -5.51. The highest BCUT2D eigenvalue weighted by molar-refractivity contribution is 7.61. The van der Waals surface area contributed by atoms with Crippen LogP contribution in [0.3, 0.4) is 0 Å². The van der Waals surface area contributed by atoms with Crippen molar-refractivity contribution in [2.75, 3.05) is 35.8 Å². The van der Waals surface area contributed by atoms with Gasteiger partial charge in [0.2, 0.25) is 0 Å². The van der Waals surface area contributed by atoms with Crippen LogP contribution >= 0.6 is 23.5 Å². The number of nitrogen functional groups attached to an aromatic ring is 1. The number of nitrogens with zero attached hydrogens (tertiary/aromatic N) is 4. The van der Waals surface area contributed by atoms with Crippen molar-refractivity contribution in [3.05, 3.63) is 35.9 Å². The summed E-state index contributed by atoms with van der Waals surface area (Å²) in [5, 5.41) is 34.7. The normalized spacial score (nSPS) is 33.1. The zero-order valence-electron chi connectivity index (χ0n) is 24.0. The number of carbonyl (C=O) groups is 1. The van der Waals surface area contributed by atoms with Crippen LogP contribution in [0.2, 0.25) is 0 Å². The van der Waals surface area contributed by atoms with Gasteiger partial charge in [-0.05, 0) is 6.07 Å². The summed E-state index contributed by atoms with van der Waals surface area (Å²) in [6.07, 6.45) is -9.23. The van der Waals surface area contributed by atoms with E-state index in [1.54, 1.807) is 0 Å². The van der Waals surface area contributed by atoms with E-state index in [0.717, 1.165) is 6.33 Å². The maximum Gasteiger partial charge on any atom is 0.481 e. The van der Waals surface area contributed by atoms with Gasteiger partial charge in [-0.25, -0.2) is 23.7 Å². The molecule has 6 heterocycles. The molecule has 0 radical (unpaired) electrons. The number of primary amides is 1. The molecule has 4 aliphatic heterocycles. The van der Waals surface area contributed by atoms with Crippen molar-refractivity contribution >= 4 is 46.7 Å². The molecule has 0 saturated carbocycles. The average molecular weight is 744 g/mol. The lowest BCUT2D eigenvalue weighted by molar-refractivity contribution is -0.670. The van der Waals surface area contributed by atoms with E-state index in [-0.39, 0.29) is 29.6 Å². The van der Waals surface area contributed by atoms with E-state index < -0.39 is 91.2 Å². The summed E-state index contributed by atoms with van der Waals surface area (Å²) in [7, 11) is -16.2. The van der Waals surface area contributed by atoms with Gasteiger partial charge in [-0.1, -0.05) is 0 Å². The van der Waals surface area contributed by atoms with Gasteiger partial charge in [0.05, 0.1) is 19.9 Å². The number of nitrogens with one attached hydrogen (secondary N) is 1. The lowest BCUT2D eigenvalue weighted by Gasteiger charge is -2.29. The van der Waals surface area contributed by atoms with Crippen LogP contribution in [0.4, 0.5) is 17.3 Å². The van der Waals surface area contributed by atoms with Crippen LogP contribution in [0, 0.1) is 0 Å². The predicted octanol–water partition coefficient (Wildman–Crippen LogP) is -3.72. The fourth-order valence-electron chi connectivity index (χ4n) is 5.61. The van der Waals surface area contributed by atoms with Crippen LogP contribution in [0.5, 0.6) is 0 Å². The first-order valence-electron chi connectivity index (χ1n) is 13.6. The first-order chi connectivity index (χ1) is 22.3. The molecule has 2 saturated heterocycles. The number of rotatable bonds is 12. The lowest BCUT2D eigenvalue weighted by atomic mass is 10.1. The van der Waals surface area contributed by atoms with Crippen LogP contribution < -0.4 is 26.3 Å². The zero-order chi connectivity index (χ0) is 35.0. The van der Waals surface area contributed by atoms with E-state index >= 15 is 0 Å². The lowest BCUT2D eigenvalue weighted by Crippen LogP contribution is -2.45. The van der Waals surface area contributed by atoms with Crippen molar-refractivity contribution in [2.24, 2.45) is 5.73 Å². The molecular weight excluding hydrogens is 715 g/mol. The molecular formula is C21H29N7O17P3+. The molecule has 27 heteroatoms. The molecule has 264 valence electrons. The number of ether oxygens (including phenoxy) is 2. The van der Waals surface area contributed by atoms with Crippen molar-refractivity contribution in [3.8, 4) is 0 Å². The van der Waals surface area contributed by atoms with Gasteiger partial charge in [0.15, 0.2) is 30.2 Å². The highest BCUT2D eigenvalue weighted by Crippen LogP contribution is 2.61. The summed E-state index contributed by atoms with van der Waals surface area (Å²) < 4.78 is 67.9. The molecule has 2 aromatic rings. The third-order valence-corrected chi connectivity index (χ3v) is 10.9. The number of phosphoric ester groups is 3. The summed E-state index contributed by atoms with van der Waals surface area (Å²) >= 11 is 0. The van der Waals surface area contributed by atoms with Gasteiger partial charge in [0, 0.05) is 6.07 Å². The average Bonchev–Trinajstić information content (AvgIpc) is 3.18. The molecule has 1 amide bonds. The number of pyridine rings is 1. The van der Waals surface area contributed by atoms with E-state index in [0.29, 0.717) is 5.69 Å². The summed E-state index contributed by atoms with van der Waals surface area (Å²) in [5.41, 5.74) is 10.1. The second-order valence-corrected chi connectivity index (χ2v) is 15.1. The van der Waals surface area contributed by atoms with Crippen molar-refractivity contribution in [1.82, 2.24) is 9.97 Å². The molecule has 0 aromatic carbocycles. The van der Waals surface area contributed by atoms with E-state index in [4.69, 9.17) is 34.5 Å². The topological polar surface area (TPSA) is 362 Å². The second kappa shape index (κ2) is 12.2. The molecule has 2 unspecified atom stereocenters. The first kappa shape index (κ1) is 35.1. The van der Waals surface area contributed by atoms with Gasteiger partial charge in [-0.3, -0.25) is 23.1 Å². The molecule has 24 nitrogen and oxygen atoms in total. The maximum atomic E-state index is 12.6. The molecule has 12 N–H and O–H groups in total. The number of fused-ring (bicyclic) bond motifs is 4. The van der Waals surface area contributed by atoms with E-state index in [9.17, 15) is 53.4 Å². The van der Waals surface area contributed by atoms with Crippen molar-refractivity contribution in [1.29, 1.82) is 0 Å². The van der Waals surface area contributed by atoms with Crippen LogP contribution in [0.1, 0.15) is 16.1 Å². The van der Waals surface area contributed by atoms with Gasteiger partial charge < -0.3 is 61.3 Å². The van der Waals surface area contributed by atoms with Crippen molar-refractivity contribution in [2.45, 2.75) is 48.6 Å². The number of aromatic nitrogens is 3. The Balaban J connectivity index is 1.07. The van der Waals surface area contributed by atoms with E-state index in [1.807, 2.05) is 0 Å². The smallest absolute Gasteiger partial charge is 0.387 e. The third-order valence-electron chi connectivity index (χ3n) is 7.79. The zero-order valence-corrected chi connectivity index (χ0v) is 26.7. The fourth-order valence-corrected chi connectivity index (χ4v) is 8.25. The quantitative estimate of drug-likeness (QED) is 0.0738. The van der Waals surface area contributed by atoms with Gasteiger partial charge in [0.1, 0.15) is 48.1 Å². The van der Waals surface area contributed by atoms with Crippen molar-refractivity contribution < 1.29 is 85.3 Å². The third kappa shape index (κ3) is 6.48. The Bertz CT molecular complexity index is 1770. The second-order valence-electron chi connectivity index (χ2n) is 10.8. The molecule has 2 aromatic heterocycles. The van der Waals surface area contributed by atoms with Gasteiger partial charge >= 0.3 is 29.2 Å². The molecule has 0 bridgehead atoms. The van der Waals surface area contributed by atoms with E-state index in [2.05, 4.69) is 19.6 Å². The molecule has 10 atom stereocenters. The number of anilines is 3. The largest absolute Gasteiger partial charge is 0.481 e. The number of aliphatic hydroxyl groups is 3. The molecule has 1 spiro atoms. The first-order valence-corrected chi connectivity index (χ1v) is 18.1. The Labute approximate surface area is 268 Å². The summed E-state index contributed by atoms with van der Waals surface area (Å²) in [6.45, 7) is -2.10. The molecule has 0 aliphatic carbocycles. The number of phosphoric acid groups is 3. The van der Waals surface area contributed by atoms with Crippen LogP contribution in [0.25, 0.3) is 0 Å².